The van der Waals surface area contributed by atoms with Crippen molar-refractivity contribution < 1.29 is 28.6 Å². The highest BCUT2D eigenvalue weighted by Crippen LogP contribution is 2.19. The molecule has 0 saturated carbocycles. The van der Waals surface area contributed by atoms with E-state index in [0.717, 1.165) is 75.5 Å². The third-order valence-electron chi connectivity index (χ3n) is 13.6. The molecule has 0 aliphatic carbocycles. The summed E-state index contributed by atoms with van der Waals surface area (Å²) >= 11 is 0. The molecule has 0 spiro atoms. The number of rotatable bonds is 53. The second kappa shape index (κ2) is 51.3. The second-order valence-electron chi connectivity index (χ2n) is 22.1. The fourth-order valence-corrected chi connectivity index (χ4v) is 9.18. The summed E-state index contributed by atoms with van der Waals surface area (Å²) in [5.41, 5.74) is 0. The predicted octanol–water partition coefficient (Wildman–Crippen LogP) is 19.5. The summed E-state index contributed by atoms with van der Waals surface area (Å²) in [5.74, 6) is 1.66. The molecule has 6 heteroatoms. The molecule has 0 heterocycles. The van der Waals surface area contributed by atoms with E-state index < -0.39 is 6.10 Å². The van der Waals surface area contributed by atoms with Crippen LogP contribution in [0.2, 0.25) is 0 Å². The molecule has 6 nitrogen and oxygen atoms in total. The van der Waals surface area contributed by atoms with E-state index in [1.165, 1.54) is 212 Å². The standard InChI is InChI=1S/C60H116O6/c1-54(2)46-40-34-28-22-17-13-9-7-8-10-15-19-25-31-37-43-49-58(61)64-52-57(66-60(63)51-45-39-33-27-21-24-30-36-42-48-56(5)6)53-65-59(62)50-44-38-32-26-20-16-12-11-14-18-23-29-35-41-47-55(3)4/h54-57H,7-53H2,1-6H3/t57-/m1/s1. The lowest BCUT2D eigenvalue weighted by atomic mass is 10.0. The van der Waals surface area contributed by atoms with Gasteiger partial charge >= 0.3 is 17.9 Å². The fraction of sp³-hybridized carbons (Fsp3) is 0.950. The number of carbonyl (C=O) groups is 3. The molecule has 1 atom stereocenters. The molecule has 0 unspecified atom stereocenters. The molecule has 66 heavy (non-hydrogen) atoms. The van der Waals surface area contributed by atoms with Gasteiger partial charge < -0.3 is 14.2 Å². The van der Waals surface area contributed by atoms with Crippen molar-refractivity contribution in [1.82, 2.24) is 0 Å². The number of unbranched alkanes of at least 4 members (excludes halogenated alkanes) is 36. The highest BCUT2D eigenvalue weighted by atomic mass is 16.6. The molecule has 0 N–H and O–H groups in total. The zero-order chi connectivity index (χ0) is 48.4. The minimum absolute atomic E-state index is 0.0636. The third kappa shape index (κ3) is 53.4. The maximum Gasteiger partial charge on any atom is 0.306 e. The Labute approximate surface area is 412 Å². The highest BCUT2D eigenvalue weighted by Gasteiger charge is 2.19. The van der Waals surface area contributed by atoms with Gasteiger partial charge in [0.2, 0.25) is 0 Å². The first-order chi connectivity index (χ1) is 32.1. The zero-order valence-electron chi connectivity index (χ0n) is 45.5. The van der Waals surface area contributed by atoms with E-state index in [9.17, 15) is 14.4 Å². The van der Waals surface area contributed by atoms with Crippen LogP contribution in [0.1, 0.15) is 330 Å². The van der Waals surface area contributed by atoms with Gasteiger partial charge in [0, 0.05) is 19.3 Å². The Morgan fingerprint density at radius 3 is 0.652 bits per heavy atom. The van der Waals surface area contributed by atoms with E-state index in [1.807, 2.05) is 0 Å². The van der Waals surface area contributed by atoms with Crippen LogP contribution in [-0.4, -0.2) is 37.2 Å². The summed E-state index contributed by atoms with van der Waals surface area (Å²) in [6.07, 6.45) is 53.9. The highest BCUT2D eigenvalue weighted by molar-refractivity contribution is 5.71. The van der Waals surface area contributed by atoms with E-state index in [2.05, 4.69) is 41.5 Å². The smallest absolute Gasteiger partial charge is 0.306 e. The molecular weight excluding hydrogens is 817 g/mol. The van der Waals surface area contributed by atoms with E-state index in [1.54, 1.807) is 0 Å². The van der Waals surface area contributed by atoms with Gasteiger partial charge in [0.15, 0.2) is 6.10 Å². The van der Waals surface area contributed by atoms with Crippen molar-refractivity contribution in [1.29, 1.82) is 0 Å². The zero-order valence-corrected chi connectivity index (χ0v) is 45.5. The maximum absolute atomic E-state index is 12.8. The van der Waals surface area contributed by atoms with Crippen molar-refractivity contribution in [3.63, 3.8) is 0 Å². The number of hydrogen-bond donors (Lipinski definition) is 0. The quantitative estimate of drug-likeness (QED) is 0.0343. The lowest BCUT2D eigenvalue weighted by Gasteiger charge is -2.18. The van der Waals surface area contributed by atoms with Crippen LogP contribution in [0.15, 0.2) is 0 Å². The van der Waals surface area contributed by atoms with Gasteiger partial charge in [0.25, 0.3) is 0 Å². The van der Waals surface area contributed by atoms with Crippen molar-refractivity contribution in [2.45, 2.75) is 337 Å². The molecule has 0 aliphatic heterocycles. The first kappa shape index (κ1) is 64.4. The molecule has 392 valence electrons. The SMILES string of the molecule is CC(C)CCCCCCCCCCCCCCCCCCC(=O)OC[C@H](COC(=O)CCCCCCCCCCCCCCCCC(C)C)OC(=O)CCCCCCCCCCCC(C)C. The molecule has 0 bridgehead atoms. The molecule has 0 radical (unpaired) electrons. The van der Waals surface area contributed by atoms with Gasteiger partial charge in [0.05, 0.1) is 0 Å². The molecule has 0 fully saturated rings. The molecule has 0 aromatic heterocycles. The Balaban J connectivity index is 4.25. The Kier molecular flexibility index (Phi) is 50.0. The van der Waals surface area contributed by atoms with Crippen LogP contribution in [-0.2, 0) is 28.6 Å². The third-order valence-corrected chi connectivity index (χ3v) is 13.6. The first-order valence-corrected chi connectivity index (χ1v) is 29.6. The van der Waals surface area contributed by atoms with Crippen molar-refractivity contribution in [3.05, 3.63) is 0 Å². The molecule has 0 amide bonds. The van der Waals surface area contributed by atoms with Crippen molar-refractivity contribution in [2.24, 2.45) is 17.8 Å². The maximum atomic E-state index is 12.8. The topological polar surface area (TPSA) is 78.9 Å². The van der Waals surface area contributed by atoms with Crippen LogP contribution >= 0.6 is 0 Å². The largest absolute Gasteiger partial charge is 0.462 e. The summed E-state index contributed by atoms with van der Waals surface area (Å²) in [7, 11) is 0. The van der Waals surface area contributed by atoms with Crippen LogP contribution in [0.25, 0.3) is 0 Å². The van der Waals surface area contributed by atoms with Gasteiger partial charge in [-0.1, -0.05) is 292 Å². The Bertz CT molecular complexity index is 1020. The summed E-state index contributed by atoms with van der Waals surface area (Å²) in [6.45, 7) is 13.8. The van der Waals surface area contributed by atoms with Crippen molar-refractivity contribution >= 4 is 17.9 Å². The normalized spacial score (nSPS) is 12.1. The van der Waals surface area contributed by atoms with Gasteiger partial charge in [-0.05, 0) is 37.0 Å². The number of carbonyl (C=O) groups excluding carboxylic acids is 3. The van der Waals surface area contributed by atoms with Crippen molar-refractivity contribution in [2.75, 3.05) is 13.2 Å². The van der Waals surface area contributed by atoms with Crippen molar-refractivity contribution in [3.8, 4) is 0 Å². The Morgan fingerprint density at radius 1 is 0.258 bits per heavy atom. The lowest BCUT2D eigenvalue weighted by Crippen LogP contribution is -2.30. The van der Waals surface area contributed by atoms with Crippen LogP contribution in [0.5, 0.6) is 0 Å². The Morgan fingerprint density at radius 2 is 0.439 bits per heavy atom. The molecule has 0 rings (SSSR count). The predicted molar refractivity (Wildman–Crippen MR) is 284 cm³/mol. The minimum Gasteiger partial charge on any atom is -0.462 e. The van der Waals surface area contributed by atoms with E-state index >= 15 is 0 Å². The molecule has 0 aliphatic rings. The number of esters is 3. The number of ether oxygens (including phenoxy) is 3. The van der Waals surface area contributed by atoms with Gasteiger partial charge in [-0.3, -0.25) is 14.4 Å². The van der Waals surface area contributed by atoms with Crippen LogP contribution in [0.4, 0.5) is 0 Å². The average molecular weight is 934 g/mol. The average Bonchev–Trinajstić information content (AvgIpc) is 3.28. The van der Waals surface area contributed by atoms with E-state index in [-0.39, 0.29) is 31.1 Å². The lowest BCUT2D eigenvalue weighted by molar-refractivity contribution is -0.167. The summed E-state index contributed by atoms with van der Waals surface area (Å²) in [6, 6.07) is 0. The van der Waals surface area contributed by atoms with Gasteiger partial charge in [-0.25, -0.2) is 0 Å². The summed E-state index contributed by atoms with van der Waals surface area (Å²) in [4.78, 5) is 38.2. The van der Waals surface area contributed by atoms with Gasteiger partial charge in [-0.15, -0.1) is 0 Å². The number of hydrogen-bond acceptors (Lipinski definition) is 6. The fourth-order valence-electron chi connectivity index (χ4n) is 9.18. The van der Waals surface area contributed by atoms with E-state index in [4.69, 9.17) is 14.2 Å². The first-order valence-electron chi connectivity index (χ1n) is 29.6. The molecule has 0 aromatic carbocycles. The summed E-state index contributed by atoms with van der Waals surface area (Å²) in [5, 5.41) is 0. The second-order valence-corrected chi connectivity index (χ2v) is 22.1. The van der Waals surface area contributed by atoms with Crippen LogP contribution in [0, 0.1) is 17.8 Å². The minimum atomic E-state index is -0.764. The molecular formula is C60H116O6. The molecule has 0 saturated heterocycles. The Hall–Kier alpha value is -1.59. The summed E-state index contributed by atoms with van der Waals surface area (Å²) < 4.78 is 16.9. The van der Waals surface area contributed by atoms with Gasteiger partial charge in [-0.2, -0.15) is 0 Å². The van der Waals surface area contributed by atoms with E-state index in [0.29, 0.717) is 19.3 Å². The molecule has 0 aromatic rings. The monoisotopic (exact) mass is 933 g/mol. The van der Waals surface area contributed by atoms with Crippen LogP contribution in [0.3, 0.4) is 0 Å². The van der Waals surface area contributed by atoms with Gasteiger partial charge in [0.1, 0.15) is 13.2 Å². The van der Waals surface area contributed by atoms with Crippen LogP contribution < -0.4 is 0 Å².